The number of fused-ring (bicyclic) bond motifs is 2. The fourth-order valence-electron chi connectivity index (χ4n) is 2.67. The van der Waals surface area contributed by atoms with E-state index in [2.05, 4.69) is 9.97 Å². The van der Waals surface area contributed by atoms with Gasteiger partial charge in [-0.3, -0.25) is 9.59 Å². The van der Waals surface area contributed by atoms with E-state index in [0.717, 1.165) is 10.9 Å². The third-order valence-corrected chi connectivity index (χ3v) is 3.82. The number of esters is 1. The summed E-state index contributed by atoms with van der Waals surface area (Å²) < 4.78 is 4.91. The van der Waals surface area contributed by atoms with E-state index in [-0.39, 0.29) is 24.6 Å². The molecule has 1 aromatic carbocycles. The summed E-state index contributed by atoms with van der Waals surface area (Å²) in [6.45, 7) is 0.0366. The minimum Gasteiger partial charge on any atom is -0.460 e. The number of benzene rings is 1. The van der Waals surface area contributed by atoms with Gasteiger partial charge in [0, 0.05) is 5.39 Å². The van der Waals surface area contributed by atoms with Crippen LogP contribution in [0.5, 0.6) is 0 Å². The fraction of sp³-hybridized carbons (Fsp3) is 0.118. The largest absolute Gasteiger partial charge is 0.460 e. The lowest BCUT2D eigenvalue weighted by Crippen LogP contribution is -2.25. The van der Waals surface area contributed by atoms with Crippen LogP contribution in [0.1, 0.15) is 11.1 Å². The van der Waals surface area contributed by atoms with Gasteiger partial charge >= 0.3 is 5.97 Å². The van der Waals surface area contributed by atoms with Crippen LogP contribution in [0.15, 0.2) is 47.3 Å². The summed E-state index contributed by atoms with van der Waals surface area (Å²) in [5, 5.41) is 1.04. The van der Waals surface area contributed by atoms with Gasteiger partial charge in [0.25, 0.3) is 5.56 Å². The number of nitrogens with one attached hydrogen (secondary N) is 1. The lowest BCUT2D eigenvalue weighted by atomic mass is 10.0. The van der Waals surface area contributed by atoms with E-state index in [1.165, 1.54) is 0 Å². The Hall–Kier alpha value is -2.95. The first-order chi connectivity index (χ1) is 10.7. The van der Waals surface area contributed by atoms with Crippen molar-refractivity contribution >= 4 is 16.9 Å². The van der Waals surface area contributed by atoms with E-state index in [1.54, 1.807) is 0 Å². The molecule has 4 rings (SSSR count). The van der Waals surface area contributed by atoms with Gasteiger partial charge in [-0.25, -0.2) is 4.98 Å². The maximum Gasteiger partial charge on any atom is 0.310 e. The molecule has 3 aromatic rings. The summed E-state index contributed by atoms with van der Waals surface area (Å²) >= 11 is 0. The monoisotopic (exact) mass is 292 g/mol. The molecule has 0 radical (unpaired) electrons. The number of hydrogen-bond donors (Lipinski definition) is 1. The van der Waals surface area contributed by atoms with Crippen LogP contribution in [-0.4, -0.2) is 15.9 Å². The number of para-hydroxylation sites is 1. The Labute approximate surface area is 125 Å². The highest BCUT2D eigenvalue weighted by Gasteiger charge is 2.20. The van der Waals surface area contributed by atoms with Crippen LogP contribution >= 0.6 is 0 Å². The van der Waals surface area contributed by atoms with Crippen molar-refractivity contribution in [3.05, 3.63) is 63.9 Å². The van der Waals surface area contributed by atoms with Gasteiger partial charge in [-0.2, -0.15) is 0 Å². The third kappa shape index (κ3) is 2.07. The van der Waals surface area contributed by atoms with Gasteiger partial charge in [0.05, 0.1) is 28.9 Å². The van der Waals surface area contributed by atoms with Gasteiger partial charge in [0.2, 0.25) is 0 Å². The molecule has 22 heavy (non-hydrogen) atoms. The number of carbonyl (C=O) groups is 1. The first-order valence-corrected chi connectivity index (χ1v) is 6.97. The summed E-state index contributed by atoms with van der Waals surface area (Å²) in [6.07, 6.45) is 0.125. The lowest BCUT2D eigenvalue weighted by Gasteiger charge is -2.16. The molecule has 1 N–H and O–H groups in total. The molecule has 1 aliphatic heterocycles. The fourth-order valence-corrected chi connectivity index (χ4v) is 2.67. The predicted molar refractivity (Wildman–Crippen MR) is 81.3 cm³/mol. The Morgan fingerprint density at radius 3 is 2.86 bits per heavy atom. The van der Waals surface area contributed by atoms with E-state index in [1.807, 2.05) is 42.5 Å². The van der Waals surface area contributed by atoms with E-state index in [9.17, 15) is 9.59 Å². The maximum atomic E-state index is 12.2. The molecule has 5 heteroatoms. The molecule has 5 nitrogen and oxygen atoms in total. The molecule has 0 bridgehead atoms. The second-order valence-corrected chi connectivity index (χ2v) is 5.24. The Bertz CT molecular complexity index is 960. The van der Waals surface area contributed by atoms with Crippen molar-refractivity contribution in [2.75, 3.05) is 0 Å². The van der Waals surface area contributed by atoms with E-state index >= 15 is 0 Å². The van der Waals surface area contributed by atoms with Crippen molar-refractivity contribution in [1.29, 1.82) is 0 Å². The summed E-state index contributed by atoms with van der Waals surface area (Å²) in [4.78, 5) is 31.0. The zero-order valence-electron chi connectivity index (χ0n) is 11.6. The Kier molecular flexibility index (Phi) is 2.79. The van der Waals surface area contributed by atoms with Crippen molar-refractivity contribution in [2.45, 2.75) is 13.0 Å². The number of pyridine rings is 2. The van der Waals surface area contributed by atoms with Crippen LogP contribution < -0.4 is 5.56 Å². The summed E-state index contributed by atoms with van der Waals surface area (Å²) in [5.41, 5.74) is 3.16. The van der Waals surface area contributed by atoms with Crippen LogP contribution in [0.25, 0.3) is 22.3 Å². The first kappa shape index (κ1) is 12.8. The van der Waals surface area contributed by atoms with Crippen LogP contribution in [-0.2, 0) is 22.6 Å². The number of carbonyl (C=O) groups excluding carboxylic acids is 1. The van der Waals surface area contributed by atoms with Crippen LogP contribution in [0.4, 0.5) is 0 Å². The van der Waals surface area contributed by atoms with Crippen LogP contribution in [0, 0.1) is 0 Å². The second-order valence-electron chi connectivity index (χ2n) is 5.24. The Morgan fingerprint density at radius 2 is 1.95 bits per heavy atom. The van der Waals surface area contributed by atoms with Crippen LogP contribution in [0.2, 0.25) is 0 Å². The molecule has 0 fully saturated rings. The number of nitrogens with zero attached hydrogens (tertiary/aromatic N) is 1. The van der Waals surface area contributed by atoms with E-state index in [0.29, 0.717) is 22.5 Å². The molecule has 108 valence electrons. The second kappa shape index (κ2) is 4.80. The highest BCUT2D eigenvalue weighted by atomic mass is 16.5. The average molecular weight is 292 g/mol. The van der Waals surface area contributed by atoms with Gasteiger partial charge in [-0.1, -0.05) is 24.3 Å². The van der Waals surface area contributed by atoms with Gasteiger partial charge in [-0.05, 0) is 23.8 Å². The van der Waals surface area contributed by atoms with Gasteiger partial charge in [-0.15, -0.1) is 0 Å². The molecule has 0 amide bonds. The Morgan fingerprint density at radius 1 is 1.09 bits per heavy atom. The highest BCUT2D eigenvalue weighted by molar-refractivity contribution is 5.81. The summed E-state index contributed by atoms with van der Waals surface area (Å²) in [7, 11) is 0. The zero-order chi connectivity index (χ0) is 15.1. The minimum atomic E-state index is -0.310. The molecular formula is C17H12N2O3. The minimum absolute atomic E-state index is 0.0366. The van der Waals surface area contributed by atoms with E-state index < -0.39 is 0 Å². The summed E-state index contributed by atoms with van der Waals surface area (Å²) in [5.74, 6) is -0.310. The molecule has 3 heterocycles. The number of cyclic esters (lactones) is 1. The van der Waals surface area contributed by atoms with Gasteiger partial charge in [0.15, 0.2) is 0 Å². The predicted octanol–water partition coefficient (Wildman–Crippen LogP) is 2.19. The quantitative estimate of drug-likeness (QED) is 0.698. The average Bonchev–Trinajstić information content (AvgIpc) is 2.54. The number of aromatic amines is 1. The molecule has 1 aliphatic rings. The lowest BCUT2D eigenvalue weighted by molar-refractivity contribution is -0.145. The molecule has 0 atom stereocenters. The van der Waals surface area contributed by atoms with Crippen molar-refractivity contribution in [2.24, 2.45) is 0 Å². The zero-order valence-corrected chi connectivity index (χ0v) is 11.6. The van der Waals surface area contributed by atoms with Crippen molar-refractivity contribution in [3.8, 4) is 11.4 Å². The number of aromatic nitrogens is 2. The van der Waals surface area contributed by atoms with Crippen molar-refractivity contribution in [3.63, 3.8) is 0 Å². The standard InChI is InChI=1S/C17H12N2O3/c20-16-8-11-7-15(19-17(21)12(11)9-22-16)14-6-5-10-3-1-2-4-13(10)18-14/h1-7H,8-9H2,(H,19,21). The highest BCUT2D eigenvalue weighted by Crippen LogP contribution is 2.22. The summed E-state index contributed by atoms with van der Waals surface area (Å²) in [6, 6.07) is 13.4. The van der Waals surface area contributed by atoms with Crippen molar-refractivity contribution < 1.29 is 9.53 Å². The number of H-pyrrole nitrogens is 1. The molecule has 0 unspecified atom stereocenters. The number of rotatable bonds is 1. The number of ether oxygens (including phenoxy) is 1. The third-order valence-electron chi connectivity index (χ3n) is 3.82. The molecule has 0 saturated heterocycles. The molecular weight excluding hydrogens is 280 g/mol. The number of hydrogen-bond acceptors (Lipinski definition) is 4. The van der Waals surface area contributed by atoms with Gasteiger partial charge in [0.1, 0.15) is 6.61 Å². The SMILES string of the molecule is O=C1Cc2cc(-c3ccc4ccccc4n3)[nH]c(=O)c2CO1. The topological polar surface area (TPSA) is 72.0 Å². The first-order valence-electron chi connectivity index (χ1n) is 6.97. The Balaban J connectivity index is 1.87. The smallest absolute Gasteiger partial charge is 0.310 e. The molecule has 0 saturated carbocycles. The van der Waals surface area contributed by atoms with Crippen molar-refractivity contribution in [1.82, 2.24) is 9.97 Å². The van der Waals surface area contributed by atoms with Crippen LogP contribution in [0.3, 0.4) is 0 Å². The molecule has 2 aromatic heterocycles. The van der Waals surface area contributed by atoms with Gasteiger partial charge < -0.3 is 9.72 Å². The van der Waals surface area contributed by atoms with E-state index in [4.69, 9.17) is 4.74 Å². The maximum absolute atomic E-state index is 12.2. The normalized spacial score (nSPS) is 13.7. The molecule has 0 aliphatic carbocycles. The molecule has 0 spiro atoms.